The third-order valence-corrected chi connectivity index (χ3v) is 4.88. The first kappa shape index (κ1) is 14.4. The highest BCUT2D eigenvalue weighted by Crippen LogP contribution is 2.25. The van der Waals surface area contributed by atoms with Crippen LogP contribution in [0.15, 0.2) is 24.3 Å². The molecule has 2 saturated heterocycles. The molecule has 0 bridgehead atoms. The average molecular weight is 311 g/mol. The number of piperazine rings is 1. The summed E-state index contributed by atoms with van der Waals surface area (Å²) in [6.45, 7) is 4.18. The maximum Gasteiger partial charge on any atom is 0.226 e. The van der Waals surface area contributed by atoms with Crippen LogP contribution in [0.2, 0.25) is 0 Å². The van der Waals surface area contributed by atoms with Crippen LogP contribution >= 0.6 is 0 Å². The maximum atomic E-state index is 11.4. The van der Waals surface area contributed by atoms with Crippen molar-refractivity contribution >= 4 is 22.8 Å². The molecule has 4 rings (SSSR count). The van der Waals surface area contributed by atoms with Gasteiger partial charge in [0.1, 0.15) is 0 Å². The van der Waals surface area contributed by atoms with E-state index in [1.807, 2.05) is 24.3 Å². The second kappa shape index (κ2) is 5.77. The predicted molar refractivity (Wildman–Crippen MR) is 89.2 cm³/mol. The van der Waals surface area contributed by atoms with E-state index in [9.17, 15) is 4.79 Å². The van der Waals surface area contributed by atoms with Gasteiger partial charge in [-0.25, -0.2) is 9.97 Å². The molecule has 23 heavy (non-hydrogen) atoms. The van der Waals surface area contributed by atoms with Crippen molar-refractivity contribution in [3.05, 3.63) is 30.0 Å². The van der Waals surface area contributed by atoms with E-state index in [1.54, 1.807) is 0 Å². The Bertz CT molecular complexity index is 747. The molecule has 3 heterocycles. The summed E-state index contributed by atoms with van der Waals surface area (Å²) in [5.74, 6) is 0.368. The molecule has 0 aliphatic carbocycles. The van der Waals surface area contributed by atoms with E-state index in [0.29, 0.717) is 6.04 Å². The minimum Gasteiger partial charge on any atom is -0.369 e. The van der Waals surface area contributed by atoms with Crippen molar-refractivity contribution < 1.29 is 4.79 Å². The monoisotopic (exact) mass is 311 g/mol. The summed E-state index contributed by atoms with van der Waals surface area (Å²) in [6, 6.07) is 8.43. The Morgan fingerprint density at radius 1 is 1.22 bits per heavy atom. The minimum absolute atomic E-state index is 0.152. The van der Waals surface area contributed by atoms with Crippen molar-refractivity contribution in [2.75, 3.05) is 31.1 Å². The fraction of sp³-hybridized carbons (Fsp3) is 0.471. The number of amides is 1. The van der Waals surface area contributed by atoms with Crippen molar-refractivity contribution in [1.29, 1.82) is 0 Å². The van der Waals surface area contributed by atoms with Crippen LogP contribution in [0.4, 0.5) is 5.95 Å². The molecule has 2 aliphatic rings. The van der Waals surface area contributed by atoms with Gasteiger partial charge in [0.2, 0.25) is 11.9 Å². The van der Waals surface area contributed by atoms with Crippen molar-refractivity contribution in [3.8, 4) is 0 Å². The normalized spacial score (nSPS) is 21.6. The van der Waals surface area contributed by atoms with Crippen LogP contribution < -0.4 is 10.6 Å². The number of rotatable bonds is 3. The number of benzene rings is 1. The van der Waals surface area contributed by atoms with Gasteiger partial charge in [0.25, 0.3) is 0 Å². The Morgan fingerprint density at radius 2 is 2.09 bits per heavy atom. The van der Waals surface area contributed by atoms with Gasteiger partial charge in [-0.1, -0.05) is 18.2 Å². The summed E-state index contributed by atoms with van der Waals surface area (Å²) >= 11 is 0. The van der Waals surface area contributed by atoms with Gasteiger partial charge < -0.3 is 10.6 Å². The van der Waals surface area contributed by atoms with Gasteiger partial charge in [-0.05, 0) is 25.5 Å². The highest BCUT2D eigenvalue weighted by molar-refractivity contribution is 5.87. The van der Waals surface area contributed by atoms with Crippen LogP contribution in [-0.2, 0) is 11.2 Å². The Morgan fingerprint density at radius 3 is 2.96 bits per heavy atom. The summed E-state index contributed by atoms with van der Waals surface area (Å²) in [7, 11) is 0. The molecular formula is C17H21N5O. The highest BCUT2D eigenvalue weighted by atomic mass is 16.1. The number of nitrogens with zero attached hydrogens (tertiary/aromatic N) is 4. The zero-order valence-electron chi connectivity index (χ0n) is 13.1. The lowest BCUT2D eigenvalue weighted by atomic mass is 10.1. The third-order valence-electron chi connectivity index (χ3n) is 4.88. The molecular weight excluding hydrogens is 290 g/mol. The standard InChI is InChI=1S/C17H21N5O/c18-16(23)10-15-13-5-1-2-6-14(13)19-17(20-15)22-9-8-21-7-3-4-12(21)11-22/h1-2,5-6,12H,3-4,7-11H2,(H2,18,23)/t12-/m1/s1. The van der Waals surface area contributed by atoms with Gasteiger partial charge >= 0.3 is 0 Å². The molecule has 0 unspecified atom stereocenters. The molecule has 2 aliphatic heterocycles. The number of aromatic nitrogens is 2. The van der Waals surface area contributed by atoms with Gasteiger partial charge in [0, 0.05) is 31.1 Å². The first-order valence-electron chi connectivity index (χ1n) is 8.23. The van der Waals surface area contributed by atoms with E-state index in [0.717, 1.165) is 42.2 Å². The third kappa shape index (κ3) is 2.74. The molecule has 120 valence electrons. The first-order valence-corrected chi connectivity index (χ1v) is 8.23. The van der Waals surface area contributed by atoms with Gasteiger partial charge in [-0.2, -0.15) is 0 Å². The fourth-order valence-corrected chi connectivity index (χ4v) is 3.74. The van der Waals surface area contributed by atoms with Crippen LogP contribution in [0.25, 0.3) is 10.9 Å². The first-order chi connectivity index (χ1) is 11.2. The quantitative estimate of drug-likeness (QED) is 0.913. The van der Waals surface area contributed by atoms with Crippen LogP contribution in [0.5, 0.6) is 0 Å². The molecule has 1 atom stereocenters. The Hall–Kier alpha value is -2.21. The largest absolute Gasteiger partial charge is 0.369 e. The lowest BCUT2D eigenvalue weighted by molar-refractivity contribution is -0.117. The summed E-state index contributed by atoms with van der Waals surface area (Å²) in [5, 5.41) is 0.912. The molecule has 0 saturated carbocycles. The molecule has 2 fully saturated rings. The van der Waals surface area contributed by atoms with Crippen LogP contribution in [-0.4, -0.2) is 53.0 Å². The summed E-state index contributed by atoms with van der Waals surface area (Å²) in [4.78, 5) is 25.6. The number of hydrogen-bond donors (Lipinski definition) is 1. The van der Waals surface area contributed by atoms with E-state index < -0.39 is 0 Å². The number of carbonyl (C=O) groups is 1. The Kier molecular flexibility index (Phi) is 3.61. The lowest BCUT2D eigenvalue weighted by Crippen LogP contribution is -2.50. The minimum atomic E-state index is -0.361. The number of hydrogen-bond acceptors (Lipinski definition) is 5. The predicted octanol–water partition coefficient (Wildman–Crippen LogP) is 0.942. The fourth-order valence-electron chi connectivity index (χ4n) is 3.74. The number of para-hydroxylation sites is 1. The molecule has 1 amide bonds. The summed E-state index contributed by atoms with van der Waals surface area (Å²) in [5.41, 5.74) is 7.00. The lowest BCUT2D eigenvalue weighted by Gasteiger charge is -2.37. The van der Waals surface area contributed by atoms with Gasteiger partial charge in [-0.3, -0.25) is 9.69 Å². The Labute approximate surface area is 135 Å². The van der Waals surface area contributed by atoms with E-state index in [-0.39, 0.29) is 12.3 Å². The zero-order chi connectivity index (χ0) is 15.8. The number of primary amides is 1. The second-order valence-electron chi connectivity index (χ2n) is 6.41. The van der Waals surface area contributed by atoms with Crippen molar-refractivity contribution in [2.24, 2.45) is 5.73 Å². The second-order valence-corrected chi connectivity index (χ2v) is 6.41. The molecule has 6 nitrogen and oxygen atoms in total. The molecule has 2 aromatic rings. The number of carbonyl (C=O) groups excluding carboxylic acids is 1. The summed E-state index contributed by atoms with van der Waals surface area (Å²) in [6.07, 6.45) is 2.68. The van der Waals surface area contributed by atoms with Gasteiger partial charge in [-0.15, -0.1) is 0 Å². The molecule has 0 spiro atoms. The SMILES string of the molecule is NC(=O)Cc1nc(N2CCN3CCC[C@@H]3C2)nc2ccccc12. The van der Waals surface area contributed by atoms with Crippen molar-refractivity contribution in [2.45, 2.75) is 25.3 Å². The molecule has 0 radical (unpaired) electrons. The van der Waals surface area contributed by atoms with Gasteiger partial charge in [0.15, 0.2) is 0 Å². The molecule has 6 heteroatoms. The topological polar surface area (TPSA) is 75.4 Å². The van der Waals surface area contributed by atoms with E-state index in [4.69, 9.17) is 10.7 Å². The van der Waals surface area contributed by atoms with Crippen LogP contribution in [0, 0.1) is 0 Å². The molecule has 1 aromatic heterocycles. The van der Waals surface area contributed by atoms with E-state index in [2.05, 4.69) is 14.8 Å². The van der Waals surface area contributed by atoms with Crippen LogP contribution in [0.1, 0.15) is 18.5 Å². The van der Waals surface area contributed by atoms with Crippen molar-refractivity contribution in [1.82, 2.24) is 14.9 Å². The average Bonchev–Trinajstić information content (AvgIpc) is 3.01. The zero-order valence-corrected chi connectivity index (χ0v) is 13.1. The van der Waals surface area contributed by atoms with Crippen molar-refractivity contribution in [3.63, 3.8) is 0 Å². The van der Waals surface area contributed by atoms with Gasteiger partial charge in [0.05, 0.1) is 17.6 Å². The molecule has 1 aromatic carbocycles. The number of fused-ring (bicyclic) bond motifs is 2. The molecule has 2 N–H and O–H groups in total. The number of anilines is 1. The Balaban J connectivity index is 1.70. The highest BCUT2D eigenvalue weighted by Gasteiger charge is 2.31. The van der Waals surface area contributed by atoms with E-state index in [1.165, 1.54) is 19.4 Å². The number of nitrogens with two attached hydrogens (primary N) is 1. The smallest absolute Gasteiger partial charge is 0.226 e. The van der Waals surface area contributed by atoms with Crippen LogP contribution in [0.3, 0.4) is 0 Å². The maximum absolute atomic E-state index is 11.4. The van der Waals surface area contributed by atoms with E-state index >= 15 is 0 Å². The summed E-state index contributed by atoms with van der Waals surface area (Å²) < 4.78 is 0.